The highest BCUT2D eigenvalue weighted by atomic mass is 19.1. The summed E-state index contributed by atoms with van der Waals surface area (Å²) >= 11 is 0. The normalized spacial score (nSPS) is 16.5. The van der Waals surface area contributed by atoms with Gasteiger partial charge in [0.05, 0.1) is 5.54 Å². The molecule has 1 saturated carbocycles. The number of nitrogens with zero attached hydrogens (tertiary/aromatic N) is 1. The molecule has 2 aromatic rings. The Kier molecular flexibility index (Phi) is 4.49. The summed E-state index contributed by atoms with van der Waals surface area (Å²) in [4.78, 5) is 4.52. The second-order valence-corrected chi connectivity index (χ2v) is 6.48. The van der Waals surface area contributed by atoms with E-state index in [1.807, 2.05) is 24.3 Å². The fraction of sp³-hybridized carbons (Fsp3) is 0.250. The molecule has 3 rings (SSSR count). The molecule has 0 atom stereocenters. The van der Waals surface area contributed by atoms with Crippen LogP contribution >= 0.6 is 0 Å². The Hall–Kier alpha value is -2.46. The Morgan fingerprint density at radius 3 is 2.46 bits per heavy atom. The van der Waals surface area contributed by atoms with E-state index in [0.29, 0.717) is 12.2 Å². The van der Waals surface area contributed by atoms with Gasteiger partial charge in [-0.3, -0.25) is 4.99 Å². The molecule has 0 aromatic heterocycles. The number of nitrogens with two attached hydrogens (primary N) is 2. The van der Waals surface area contributed by atoms with Crippen LogP contribution in [0.15, 0.2) is 53.5 Å². The van der Waals surface area contributed by atoms with Crippen LogP contribution in [-0.4, -0.2) is 11.8 Å². The standard InChI is InChI=1S/C20H22FN3/c1-20(9-10-20)24-11-8-19(23)18-12-15(2-3-16(18)13-22)14-4-6-17(21)7-5-14/h2-8,11-12H,9-10,13,22-23H2,1H3. The number of benzene rings is 2. The van der Waals surface area contributed by atoms with E-state index in [1.54, 1.807) is 18.3 Å². The van der Waals surface area contributed by atoms with Crippen LogP contribution in [0.2, 0.25) is 0 Å². The maximum atomic E-state index is 13.1. The van der Waals surface area contributed by atoms with Gasteiger partial charge in [-0.15, -0.1) is 0 Å². The number of halogens is 1. The van der Waals surface area contributed by atoms with Crippen molar-refractivity contribution in [1.82, 2.24) is 0 Å². The number of hydrogen-bond donors (Lipinski definition) is 2. The molecule has 124 valence electrons. The molecule has 24 heavy (non-hydrogen) atoms. The predicted molar refractivity (Wildman–Crippen MR) is 98.0 cm³/mol. The third-order valence-electron chi connectivity index (χ3n) is 4.43. The smallest absolute Gasteiger partial charge is 0.123 e. The van der Waals surface area contributed by atoms with Gasteiger partial charge in [0.1, 0.15) is 5.82 Å². The largest absolute Gasteiger partial charge is 0.398 e. The lowest BCUT2D eigenvalue weighted by atomic mass is 9.97. The molecule has 1 fully saturated rings. The van der Waals surface area contributed by atoms with Crippen LogP contribution in [0.5, 0.6) is 0 Å². The molecule has 4 heteroatoms. The van der Waals surface area contributed by atoms with Crippen molar-refractivity contribution in [3.8, 4) is 11.1 Å². The first kappa shape index (κ1) is 16.4. The van der Waals surface area contributed by atoms with Gasteiger partial charge in [0.2, 0.25) is 0 Å². The summed E-state index contributed by atoms with van der Waals surface area (Å²) in [5.74, 6) is -0.248. The molecule has 0 saturated heterocycles. The lowest BCUT2D eigenvalue weighted by molar-refractivity contribution is 0.628. The van der Waals surface area contributed by atoms with Gasteiger partial charge in [-0.25, -0.2) is 4.39 Å². The fourth-order valence-corrected chi connectivity index (χ4v) is 2.54. The third-order valence-corrected chi connectivity index (χ3v) is 4.43. The summed E-state index contributed by atoms with van der Waals surface area (Å²) in [6.07, 6.45) is 5.87. The summed E-state index contributed by atoms with van der Waals surface area (Å²) in [6.45, 7) is 2.54. The Morgan fingerprint density at radius 2 is 1.83 bits per heavy atom. The topological polar surface area (TPSA) is 64.4 Å². The van der Waals surface area contributed by atoms with Crippen LogP contribution in [-0.2, 0) is 6.54 Å². The van der Waals surface area contributed by atoms with Crippen molar-refractivity contribution in [2.45, 2.75) is 31.8 Å². The Balaban J connectivity index is 1.93. The highest BCUT2D eigenvalue weighted by Crippen LogP contribution is 2.38. The van der Waals surface area contributed by atoms with E-state index in [4.69, 9.17) is 11.5 Å². The first-order valence-corrected chi connectivity index (χ1v) is 8.11. The van der Waals surface area contributed by atoms with Crippen molar-refractivity contribution in [2.75, 3.05) is 0 Å². The first-order valence-electron chi connectivity index (χ1n) is 8.11. The molecule has 0 amide bonds. The van der Waals surface area contributed by atoms with Crippen molar-refractivity contribution in [2.24, 2.45) is 16.5 Å². The zero-order valence-corrected chi connectivity index (χ0v) is 13.8. The number of aliphatic imine (C=N–C) groups is 1. The maximum Gasteiger partial charge on any atom is 0.123 e. The van der Waals surface area contributed by atoms with Gasteiger partial charge in [-0.1, -0.05) is 24.3 Å². The molecule has 0 aliphatic heterocycles. The fourth-order valence-electron chi connectivity index (χ4n) is 2.54. The first-order chi connectivity index (χ1) is 11.5. The van der Waals surface area contributed by atoms with Crippen molar-refractivity contribution in [3.63, 3.8) is 0 Å². The van der Waals surface area contributed by atoms with Gasteiger partial charge in [0.15, 0.2) is 0 Å². The van der Waals surface area contributed by atoms with E-state index < -0.39 is 0 Å². The number of hydrogen-bond acceptors (Lipinski definition) is 3. The zero-order valence-electron chi connectivity index (χ0n) is 13.8. The molecule has 0 radical (unpaired) electrons. The molecule has 0 spiro atoms. The predicted octanol–water partition coefficient (Wildman–Crippen LogP) is 3.87. The SMILES string of the molecule is CC1(N=CC=C(N)c2cc(-c3ccc(F)cc3)ccc2CN)CC1. The summed E-state index contributed by atoms with van der Waals surface area (Å²) in [5, 5.41) is 0. The zero-order chi connectivity index (χ0) is 17.2. The summed E-state index contributed by atoms with van der Waals surface area (Å²) < 4.78 is 13.1. The van der Waals surface area contributed by atoms with E-state index in [0.717, 1.165) is 35.1 Å². The Labute approximate surface area is 141 Å². The van der Waals surface area contributed by atoms with Crippen molar-refractivity contribution < 1.29 is 4.39 Å². The van der Waals surface area contributed by atoms with E-state index in [-0.39, 0.29) is 11.4 Å². The van der Waals surface area contributed by atoms with Crippen LogP contribution in [0.1, 0.15) is 30.9 Å². The minimum Gasteiger partial charge on any atom is -0.398 e. The molecule has 3 nitrogen and oxygen atoms in total. The lowest BCUT2D eigenvalue weighted by Crippen LogP contribution is -2.06. The Morgan fingerprint density at radius 1 is 1.17 bits per heavy atom. The average molecular weight is 323 g/mol. The highest BCUT2D eigenvalue weighted by Gasteiger charge is 2.35. The maximum absolute atomic E-state index is 13.1. The Bertz CT molecular complexity index is 787. The number of rotatable bonds is 5. The van der Waals surface area contributed by atoms with E-state index >= 15 is 0 Å². The summed E-state index contributed by atoms with van der Waals surface area (Å²) in [5.41, 5.74) is 16.6. The van der Waals surface area contributed by atoms with E-state index in [9.17, 15) is 4.39 Å². The molecule has 1 aliphatic rings. The monoisotopic (exact) mass is 323 g/mol. The molecular formula is C20H22FN3. The molecule has 0 bridgehead atoms. The van der Waals surface area contributed by atoms with Gasteiger partial charge in [0, 0.05) is 24.0 Å². The molecule has 4 N–H and O–H groups in total. The minimum atomic E-state index is -0.248. The van der Waals surface area contributed by atoms with E-state index in [2.05, 4.69) is 11.9 Å². The van der Waals surface area contributed by atoms with Crippen LogP contribution in [0.3, 0.4) is 0 Å². The quantitative estimate of drug-likeness (QED) is 0.820. The van der Waals surface area contributed by atoms with Crippen LogP contribution in [0, 0.1) is 5.82 Å². The molecule has 1 aliphatic carbocycles. The minimum absolute atomic E-state index is 0.101. The average Bonchev–Trinajstić information content (AvgIpc) is 3.32. The van der Waals surface area contributed by atoms with Crippen LogP contribution < -0.4 is 11.5 Å². The second kappa shape index (κ2) is 6.57. The molecule has 0 heterocycles. The van der Waals surface area contributed by atoms with Gasteiger partial charge < -0.3 is 11.5 Å². The van der Waals surface area contributed by atoms with Crippen molar-refractivity contribution in [3.05, 3.63) is 65.5 Å². The van der Waals surface area contributed by atoms with Crippen molar-refractivity contribution in [1.29, 1.82) is 0 Å². The molecule has 0 unspecified atom stereocenters. The highest BCUT2D eigenvalue weighted by molar-refractivity contribution is 5.85. The van der Waals surface area contributed by atoms with Gasteiger partial charge >= 0.3 is 0 Å². The number of allylic oxidation sites excluding steroid dienone is 1. The second-order valence-electron chi connectivity index (χ2n) is 6.48. The van der Waals surface area contributed by atoms with Gasteiger partial charge in [0.25, 0.3) is 0 Å². The van der Waals surface area contributed by atoms with Gasteiger partial charge in [-0.2, -0.15) is 0 Å². The third kappa shape index (κ3) is 3.71. The summed E-state index contributed by atoms with van der Waals surface area (Å²) in [7, 11) is 0. The van der Waals surface area contributed by atoms with E-state index in [1.165, 1.54) is 12.1 Å². The van der Waals surface area contributed by atoms with Crippen LogP contribution in [0.25, 0.3) is 16.8 Å². The van der Waals surface area contributed by atoms with Gasteiger partial charge in [-0.05, 0) is 60.7 Å². The molecular weight excluding hydrogens is 301 g/mol. The van der Waals surface area contributed by atoms with Crippen LogP contribution in [0.4, 0.5) is 4.39 Å². The summed E-state index contributed by atoms with van der Waals surface area (Å²) in [6, 6.07) is 12.4. The lowest BCUT2D eigenvalue weighted by Gasteiger charge is -2.11. The van der Waals surface area contributed by atoms with Crippen molar-refractivity contribution >= 4 is 11.9 Å². The molecule has 2 aromatic carbocycles.